The number of allylic oxidation sites excluding steroid dienone is 8. The highest BCUT2D eigenvalue weighted by Gasteiger charge is 2.64. The summed E-state index contributed by atoms with van der Waals surface area (Å²) in [6, 6.07) is 17.7. The SMILES string of the molecule is C=C1C=CC=C(C2CCC3(C4CCC(O)Cc5cccc(c5)CC(Cc5ccc(O)cc5CCO)C(O)CNC5C(=O)NC(N)c6cccc(c65)CC(=O)C(C)=C4CCC3(C)O)C2O)COCC#CCC(C)=CCC1. The van der Waals surface area contributed by atoms with Crippen LogP contribution >= 0.6 is 0 Å². The van der Waals surface area contributed by atoms with Crippen molar-refractivity contribution in [2.24, 2.45) is 28.9 Å². The molecule has 3 heterocycles. The van der Waals surface area contributed by atoms with Gasteiger partial charge in [0.05, 0.1) is 30.5 Å². The number of β-amino-alcohol motifs (C(OH)–C–C–N with tert-alkyl or cyclic N) is 1. The van der Waals surface area contributed by atoms with Crippen LogP contribution < -0.4 is 16.4 Å². The fraction of sp³-hybridized carbons (Fsp3) is 0.492. The van der Waals surface area contributed by atoms with Crippen molar-refractivity contribution in [1.29, 1.82) is 0 Å². The molecule has 2 saturated carbocycles. The Morgan fingerprint density at radius 2 is 1.72 bits per heavy atom. The van der Waals surface area contributed by atoms with E-state index in [0.29, 0.717) is 92.9 Å². The predicted molar refractivity (Wildman–Crippen MR) is 292 cm³/mol. The molecule has 8 rings (SSSR count). The van der Waals surface area contributed by atoms with Crippen LogP contribution in [0.5, 0.6) is 5.75 Å². The molecular weight excluding hydrogens is 943 g/mol. The molecule has 400 valence electrons. The van der Waals surface area contributed by atoms with E-state index in [2.05, 4.69) is 48.1 Å². The summed E-state index contributed by atoms with van der Waals surface area (Å²) in [5.74, 6) is 4.67. The molecular formula is C63H79N3O9. The first-order chi connectivity index (χ1) is 36.0. The number of nitrogens with one attached hydrogen (secondary N) is 2. The van der Waals surface area contributed by atoms with Crippen LogP contribution in [0.3, 0.4) is 0 Å². The zero-order chi connectivity index (χ0) is 53.4. The Labute approximate surface area is 443 Å². The number of Topliss-reactive ketones (excluding diaryl/α,β-unsaturated/α-hetero) is 1. The third kappa shape index (κ3) is 12.7. The van der Waals surface area contributed by atoms with Crippen molar-refractivity contribution in [3.63, 3.8) is 0 Å². The summed E-state index contributed by atoms with van der Waals surface area (Å²) in [6.45, 7) is 10.4. The van der Waals surface area contributed by atoms with Crippen LogP contribution in [0, 0.1) is 35.0 Å². The van der Waals surface area contributed by atoms with Gasteiger partial charge in [0.1, 0.15) is 24.6 Å². The molecule has 2 fully saturated rings. The van der Waals surface area contributed by atoms with Crippen LogP contribution in [0.15, 0.2) is 119 Å². The number of ketones is 1. The van der Waals surface area contributed by atoms with Crippen LogP contribution in [0.1, 0.15) is 130 Å². The van der Waals surface area contributed by atoms with Gasteiger partial charge in [-0.3, -0.25) is 14.9 Å². The molecule has 0 saturated heterocycles. The van der Waals surface area contributed by atoms with Crippen LogP contribution in [0.4, 0.5) is 0 Å². The first-order valence-corrected chi connectivity index (χ1v) is 27.1. The summed E-state index contributed by atoms with van der Waals surface area (Å²) >= 11 is 0. The summed E-state index contributed by atoms with van der Waals surface area (Å²) in [7, 11) is 0. The van der Waals surface area contributed by atoms with E-state index < -0.39 is 53.4 Å². The maximum atomic E-state index is 15.1. The number of nitrogens with two attached hydrogens (primary N) is 1. The van der Waals surface area contributed by atoms with Gasteiger partial charge in [0.25, 0.3) is 0 Å². The number of phenolic OH excluding ortho intramolecular Hbond substituents is 1. The van der Waals surface area contributed by atoms with Gasteiger partial charge in [-0.25, -0.2) is 0 Å². The molecule has 3 aromatic rings. The highest BCUT2D eigenvalue weighted by atomic mass is 16.5. The Bertz CT molecular complexity index is 2780. The lowest BCUT2D eigenvalue weighted by Crippen LogP contribution is -2.59. The molecule has 10 atom stereocenters. The first kappa shape index (κ1) is 55.8. The Morgan fingerprint density at radius 1 is 0.933 bits per heavy atom. The van der Waals surface area contributed by atoms with E-state index in [9.17, 15) is 35.4 Å². The Hall–Kier alpha value is -5.46. The van der Waals surface area contributed by atoms with Crippen LogP contribution in [-0.2, 0) is 46.4 Å². The van der Waals surface area contributed by atoms with Gasteiger partial charge in [0.15, 0.2) is 5.78 Å². The molecule has 12 nitrogen and oxygen atoms in total. The van der Waals surface area contributed by atoms with Gasteiger partial charge in [0.2, 0.25) is 5.91 Å². The predicted octanol–water partition coefficient (Wildman–Crippen LogP) is 7.34. The molecule has 10 N–H and O–H groups in total. The highest BCUT2D eigenvalue weighted by Crippen LogP contribution is 2.63. The zero-order valence-electron chi connectivity index (χ0n) is 44.1. The van der Waals surface area contributed by atoms with E-state index in [1.165, 1.54) is 5.57 Å². The molecule has 2 aliphatic carbocycles. The monoisotopic (exact) mass is 1020 g/mol. The number of aliphatic hydroxyl groups is 5. The highest BCUT2D eigenvalue weighted by molar-refractivity contribution is 5.98. The van der Waals surface area contributed by atoms with Gasteiger partial charge < -0.3 is 46.4 Å². The number of phenols is 1. The minimum Gasteiger partial charge on any atom is -0.508 e. The number of carbonyl (C=O) groups is 2. The van der Waals surface area contributed by atoms with Gasteiger partial charge >= 0.3 is 0 Å². The maximum Gasteiger partial charge on any atom is 0.243 e. The average molecular weight is 1020 g/mol. The molecule has 2 bridgehead atoms. The van der Waals surface area contributed by atoms with Crippen LogP contribution in [0.2, 0.25) is 0 Å². The number of hydrogen-bond donors (Lipinski definition) is 9. The summed E-state index contributed by atoms with van der Waals surface area (Å²) in [5, 5.41) is 76.7. The van der Waals surface area contributed by atoms with E-state index >= 15 is 4.79 Å². The number of hydrogen-bond acceptors (Lipinski definition) is 11. The van der Waals surface area contributed by atoms with E-state index in [4.69, 9.17) is 10.5 Å². The van der Waals surface area contributed by atoms with Crippen molar-refractivity contribution in [2.75, 3.05) is 26.4 Å². The van der Waals surface area contributed by atoms with Crippen molar-refractivity contribution in [3.05, 3.63) is 158 Å². The number of fused-ring (bicyclic) bond motifs is 4. The quantitative estimate of drug-likeness (QED) is 0.0911. The number of aromatic hydroxyl groups is 1. The van der Waals surface area contributed by atoms with Gasteiger partial charge in [-0.15, -0.1) is 0 Å². The van der Waals surface area contributed by atoms with Crippen LogP contribution in [0.25, 0.3) is 0 Å². The lowest BCUT2D eigenvalue weighted by Gasteiger charge is -2.56. The first-order valence-electron chi connectivity index (χ1n) is 27.1. The minimum atomic E-state index is -1.34. The lowest BCUT2D eigenvalue weighted by atomic mass is 9.52. The fourth-order valence-electron chi connectivity index (χ4n) is 13.1. The molecule has 12 heteroatoms. The van der Waals surface area contributed by atoms with Crippen molar-refractivity contribution < 1.29 is 45.0 Å². The average Bonchev–Trinajstić information content (AvgIpc) is 3.75. The van der Waals surface area contributed by atoms with Crippen molar-refractivity contribution in [1.82, 2.24) is 10.6 Å². The van der Waals surface area contributed by atoms with Crippen LogP contribution in [-0.4, -0.2) is 92.6 Å². The standard InChI is InChI=1S/C63H79N3O9/c1-39-11-5-6-30-75-38-47(18-8-14-40(2)13-7-12-39)52-25-28-63(59(52)72)54-23-22-49(68)33-43-16-9-15-42(31-43)32-48(34-44-20-21-50(69)35-45(44)26-29-67)56(71)37-65-58-57-46(17-10-19-53(57)60(64)66-61(58)73)36-55(70)41(3)51(54)24-27-62(63,4)74/h8-10,12,14-21,31,35,48-49,52,54,56,58-60,65,67-69,71-72,74H,2,7,11,13,22-30,32-34,36-38,64H2,1,3-4H3,(H,66,73). The lowest BCUT2D eigenvalue weighted by molar-refractivity contribution is -0.168. The third-order valence-corrected chi connectivity index (χ3v) is 17.3. The number of ether oxygens (including phenoxy) is 1. The second-order valence-electron chi connectivity index (χ2n) is 22.2. The maximum absolute atomic E-state index is 15.1. The summed E-state index contributed by atoms with van der Waals surface area (Å²) in [6.07, 6.45) is 10.9. The topological polar surface area (TPSA) is 215 Å². The number of benzene rings is 3. The summed E-state index contributed by atoms with van der Waals surface area (Å²) in [4.78, 5) is 29.1. The Kier molecular flexibility index (Phi) is 18.4. The van der Waals surface area contributed by atoms with Gasteiger partial charge in [-0.05, 0) is 172 Å². The fourth-order valence-corrected chi connectivity index (χ4v) is 13.1. The second-order valence-corrected chi connectivity index (χ2v) is 22.2. The number of rotatable bonds is 5. The summed E-state index contributed by atoms with van der Waals surface area (Å²) in [5.41, 5.74) is 14.0. The minimum absolute atomic E-state index is 0.0156. The largest absolute Gasteiger partial charge is 0.508 e. The van der Waals surface area contributed by atoms with Gasteiger partial charge in [-0.1, -0.05) is 108 Å². The Morgan fingerprint density at radius 3 is 2.52 bits per heavy atom. The number of amides is 1. The molecule has 5 aliphatic rings. The molecule has 1 spiro atoms. The van der Waals surface area contributed by atoms with Gasteiger partial charge in [-0.2, -0.15) is 0 Å². The van der Waals surface area contributed by atoms with E-state index in [1.807, 2.05) is 74.5 Å². The zero-order valence-corrected chi connectivity index (χ0v) is 44.1. The number of carbonyl (C=O) groups excluding carboxylic acids is 2. The third-order valence-electron chi connectivity index (χ3n) is 17.3. The molecule has 1 amide bonds. The molecule has 0 aromatic heterocycles. The number of aliphatic hydroxyl groups excluding tert-OH is 4. The normalized spacial score (nSPS) is 30.7. The smallest absolute Gasteiger partial charge is 0.243 e. The van der Waals surface area contributed by atoms with E-state index in [0.717, 1.165) is 51.8 Å². The molecule has 75 heavy (non-hydrogen) atoms. The van der Waals surface area contributed by atoms with E-state index in [1.54, 1.807) is 12.1 Å². The second kappa shape index (κ2) is 24.7. The van der Waals surface area contributed by atoms with Crippen molar-refractivity contribution in [3.8, 4) is 17.6 Å². The molecule has 3 aliphatic heterocycles. The summed E-state index contributed by atoms with van der Waals surface area (Å²) < 4.78 is 6.19. The molecule has 10 unspecified atom stereocenters. The van der Waals surface area contributed by atoms with Crippen molar-refractivity contribution >= 4 is 11.7 Å². The van der Waals surface area contributed by atoms with Gasteiger partial charge in [0, 0.05) is 37.3 Å². The molecule has 0 radical (unpaired) electrons. The molecule has 3 aromatic carbocycles. The van der Waals surface area contributed by atoms with Crippen molar-refractivity contribution in [2.45, 2.75) is 147 Å². The van der Waals surface area contributed by atoms with E-state index in [-0.39, 0.29) is 56.1 Å². The Balaban J connectivity index is 1.18.